The maximum atomic E-state index is 11.2. The third kappa shape index (κ3) is 1.34. The van der Waals surface area contributed by atoms with E-state index in [2.05, 4.69) is 4.74 Å². The van der Waals surface area contributed by atoms with Crippen molar-refractivity contribution in [2.45, 2.75) is 44.6 Å². The molecule has 2 aliphatic carbocycles. The van der Waals surface area contributed by atoms with Crippen LogP contribution in [0.15, 0.2) is 0 Å². The van der Waals surface area contributed by atoms with Gasteiger partial charge in [-0.25, -0.2) is 4.79 Å². The molecule has 2 rings (SSSR count). The standard InChI is InChI=1S/C11H18O3/c1-14-10(13)9(12)8-4-7-11(8)5-2-3-6-11/h8-9,12H,2-7H2,1H3. The normalized spacial score (nSPS) is 31.1. The van der Waals surface area contributed by atoms with Gasteiger partial charge in [-0.2, -0.15) is 0 Å². The SMILES string of the molecule is COC(=O)C(O)C1CCC12CCCC2. The molecule has 0 amide bonds. The molecule has 0 aromatic carbocycles. The topological polar surface area (TPSA) is 46.5 Å². The van der Waals surface area contributed by atoms with Gasteiger partial charge in [0.2, 0.25) is 0 Å². The molecule has 3 nitrogen and oxygen atoms in total. The number of hydrogen-bond donors (Lipinski definition) is 1. The number of ether oxygens (including phenoxy) is 1. The van der Waals surface area contributed by atoms with Crippen LogP contribution in [0.4, 0.5) is 0 Å². The molecular weight excluding hydrogens is 180 g/mol. The van der Waals surface area contributed by atoms with Gasteiger partial charge in [0.05, 0.1) is 7.11 Å². The average molecular weight is 198 g/mol. The quantitative estimate of drug-likeness (QED) is 0.684. The first-order valence-electron chi connectivity index (χ1n) is 5.45. The number of carbonyl (C=O) groups is 1. The van der Waals surface area contributed by atoms with Gasteiger partial charge in [-0.3, -0.25) is 0 Å². The predicted octanol–water partition coefficient (Wildman–Crippen LogP) is 1.49. The molecule has 2 aliphatic rings. The van der Waals surface area contributed by atoms with Crippen molar-refractivity contribution in [3.63, 3.8) is 0 Å². The Bertz CT molecular complexity index is 231. The van der Waals surface area contributed by atoms with E-state index < -0.39 is 12.1 Å². The van der Waals surface area contributed by atoms with E-state index in [9.17, 15) is 9.90 Å². The van der Waals surface area contributed by atoms with Gasteiger partial charge >= 0.3 is 5.97 Å². The fraction of sp³-hybridized carbons (Fsp3) is 0.909. The predicted molar refractivity (Wildman–Crippen MR) is 51.6 cm³/mol. The zero-order valence-corrected chi connectivity index (χ0v) is 8.66. The molecule has 80 valence electrons. The van der Waals surface area contributed by atoms with Crippen LogP contribution in [0.1, 0.15) is 38.5 Å². The van der Waals surface area contributed by atoms with Crippen molar-refractivity contribution in [1.29, 1.82) is 0 Å². The molecule has 0 aromatic heterocycles. The zero-order valence-electron chi connectivity index (χ0n) is 8.66. The van der Waals surface area contributed by atoms with Crippen molar-refractivity contribution in [3.8, 4) is 0 Å². The third-order valence-corrected chi connectivity index (χ3v) is 4.16. The first-order valence-corrected chi connectivity index (χ1v) is 5.45. The summed E-state index contributed by atoms with van der Waals surface area (Å²) < 4.78 is 4.58. The lowest BCUT2D eigenvalue weighted by atomic mass is 9.57. The van der Waals surface area contributed by atoms with Crippen molar-refractivity contribution in [1.82, 2.24) is 0 Å². The molecule has 0 aromatic rings. The summed E-state index contributed by atoms with van der Waals surface area (Å²) in [5.74, 6) is -0.293. The Balaban J connectivity index is 2.01. The van der Waals surface area contributed by atoms with Crippen LogP contribution in [-0.4, -0.2) is 24.3 Å². The van der Waals surface area contributed by atoms with E-state index in [0.29, 0.717) is 0 Å². The van der Waals surface area contributed by atoms with Gasteiger partial charge in [0, 0.05) is 5.92 Å². The van der Waals surface area contributed by atoms with Gasteiger partial charge < -0.3 is 9.84 Å². The van der Waals surface area contributed by atoms with Crippen LogP contribution >= 0.6 is 0 Å². The maximum Gasteiger partial charge on any atom is 0.334 e. The Labute approximate surface area is 84.4 Å². The van der Waals surface area contributed by atoms with Crippen LogP contribution in [0.5, 0.6) is 0 Å². The summed E-state index contributed by atoms with van der Waals surface area (Å²) in [4.78, 5) is 11.2. The molecule has 1 spiro atoms. The van der Waals surface area contributed by atoms with Gasteiger partial charge in [-0.05, 0) is 31.1 Å². The van der Waals surface area contributed by atoms with Crippen LogP contribution in [0.3, 0.4) is 0 Å². The molecular formula is C11H18O3. The fourth-order valence-corrected chi connectivity index (χ4v) is 3.20. The van der Waals surface area contributed by atoms with Crippen LogP contribution in [0.25, 0.3) is 0 Å². The van der Waals surface area contributed by atoms with Crippen molar-refractivity contribution < 1.29 is 14.6 Å². The summed E-state index contributed by atoms with van der Waals surface area (Å²) in [5, 5.41) is 9.79. The summed E-state index contributed by atoms with van der Waals surface area (Å²) in [7, 11) is 1.34. The van der Waals surface area contributed by atoms with E-state index in [1.54, 1.807) is 0 Å². The molecule has 1 N–H and O–H groups in total. The molecule has 0 radical (unpaired) electrons. The minimum atomic E-state index is -0.883. The number of carbonyl (C=O) groups excluding carboxylic acids is 1. The van der Waals surface area contributed by atoms with E-state index in [4.69, 9.17) is 0 Å². The Morgan fingerprint density at radius 1 is 1.43 bits per heavy atom. The van der Waals surface area contributed by atoms with Crippen molar-refractivity contribution in [2.24, 2.45) is 11.3 Å². The second kappa shape index (κ2) is 3.54. The van der Waals surface area contributed by atoms with Gasteiger partial charge in [0.25, 0.3) is 0 Å². The highest BCUT2D eigenvalue weighted by Gasteiger charge is 2.52. The third-order valence-electron chi connectivity index (χ3n) is 4.16. The first kappa shape index (κ1) is 9.97. The number of rotatable bonds is 2. The molecule has 2 unspecified atom stereocenters. The number of aliphatic hydroxyl groups is 1. The minimum Gasteiger partial charge on any atom is -0.467 e. The lowest BCUT2D eigenvalue weighted by molar-refractivity contribution is -0.163. The second-order valence-electron chi connectivity index (χ2n) is 4.68. The molecule has 3 heteroatoms. The van der Waals surface area contributed by atoms with Crippen LogP contribution < -0.4 is 0 Å². The van der Waals surface area contributed by atoms with E-state index in [1.165, 1.54) is 39.2 Å². The van der Waals surface area contributed by atoms with Crippen molar-refractivity contribution in [2.75, 3.05) is 7.11 Å². The number of hydrogen-bond acceptors (Lipinski definition) is 3. The fourth-order valence-electron chi connectivity index (χ4n) is 3.20. The lowest BCUT2D eigenvalue weighted by Gasteiger charge is -2.48. The molecule has 0 bridgehead atoms. The lowest BCUT2D eigenvalue weighted by Crippen LogP contribution is -2.48. The number of esters is 1. The highest BCUT2D eigenvalue weighted by molar-refractivity contribution is 5.74. The van der Waals surface area contributed by atoms with E-state index in [1.807, 2.05) is 0 Å². The smallest absolute Gasteiger partial charge is 0.334 e. The first-order chi connectivity index (χ1) is 6.69. The monoisotopic (exact) mass is 198 g/mol. The summed E-state index contributed by atoms with van der Waals surface area (Å²) in [5.41, 5.74) is 0.285. The van der Waals surface area contributed by atoms with Crippen LogP contribution in [-0.2, 0) is 9.53 Å². The Morgan fingerprint density at radius 3 is 2.50 bits per heavy atom. The minimum absolute atomic E-state index is 0.164. The van der Waals surface area contributed by atoms with E-state index in [0.717, 1.165) is 6.42 Å². The van der Waals surface area contributed by atoms with Gasteiger partial charge in [-0.1, -0.05) is 12.8 Å². The largest absolute Gasteiger partial charge is 0.467 e. The summed E-state index contributed by atoms with van der Waals surface area (Å²) in [6, 6.07) is 0. The summed E-state index contributed by atoms with van der Waals surface area (Å²) in [6.07, 6.45) is 6.17. The molecule has 0 aliphatic heterocycles. The molecule has 2 fully saturated rings. The van der Waals surface area contributed by atoms with E-state index >= 15 is 0 Å². The summed E-state index contributed by atoms with van der Waals surface area (Å²) >= 11 is 0. The second-order valence-corrected chi connectivity index (χ2v) is 4.68. The number of aliphatic hydroxyl groups excluding tert-OH is 1. The highest BCUT2D eigenvalue weighted by Crippen LogP contribution is 2.58. The molecule has 0 heterocycles. The van der Waals surface area contributed by atoms with Crippen molar-refractivity contribution >= 4 is 5.97 Å². The molecule has 14 heavy (non-hydrogen) atoms. The molecule has 0 saturated heterocycles. The zero-order chi connectivity index (χ0) is 10.2. The average Bonchev–Trinajstić information content (AvgIpc) is 2.65. The van der Waals surface area contributed by atoms with Crippen molar-refractivity contribution in [3.05, 3.63) is 0 Å². The number of methoxy groups -OCH3 is 1. The molecule has 2 saturated carbocycles. The van der Waals surface area contributed by atoms with Crippen LogP contribution in [0.2, 0.25) is 0 Å². The van der Waals surface area contributed by atoms with Crippen LogP contribution in [0, 0.1) is 11.3 Å². The van der Waals surface area contributed by atoms with E-state index in [-0.39, 0.29) is 11.3 Å². The Kier molecular flexibility index (Phi) is 2.52. The van der Waals surface area contributed by atoms with Gasteiger partial charge in [0.15, 0.2) is 6.10 Å². The Morgan fingerprint density at radius 2 is 2.07 bits per heavy atom. The van der Waals surface area contributed by atoms with Gasteiger partial charge in [-0.15, -0.1) is 0 Å². The Hall–Kier alpha value is -0.570. The highest BCUT2D eigenvalue weighted by atomic mass is 16.5. The maximum absolute atomic E-state index is 11.2. The molecule has 2 atom stereocenters. The van der Waals surface area contributed by atoms with Gasteiger partial charge in [0.1, 0.15) is 0 Å². The summed E-state index contributed by atoms with van der Waals surface area (Å²) in [6.45, 7) is 0.